The van der Waals surface area contributed by atoms with E-state index in [1.165, 1.54) is 90.4 Å². The van der Waals surface area contributed by atoms with Crippen molar-refractivity contribution in [3.63, 3.8) is 0 Å². The highest BCUT2D eigenvalue weighted by Crippen LogP contribution is 2.30. The third kappa shape index (κ3) is 4.00. The molecule has 0 aromatic rings. The summed E-state index contributed by atoms with van der Waals surface area (Å²) in [4.78, 5) is 5.53. The van der Waals surface area contributed by atoms with Crippen LogP contribution in [0.3, 0.4) is 0 Å². The Kier molecular flexibility index (Phi) is 5.96. The number of hydrogen-bond donors (Lipinski definition) is 1. The second-order valence-electron chi connectivity index (χ2n) is 7.59. The van der Waals surface area contributed by atoms with Crippen LogP contribution in [0.25, 0.3) is 0 Å². The van der Waals surface area contributed by atoms with Crippen molar-refractivity contribution in [2.24, 2.45) is 11.7 Å². The van der Waals surface area contributed by atoms with E-state index in [0.29, 0.717) is 6.04 Å². The van der Waals surface area contributed by atoms with Gasteiger partial charge in [0.15, 0.2) is 0 Å². The number of hydrogen-bond acceptors (Lipinski definition) is 3. The Hall–Kier alpha value is -0.120. The molecule has 3 aliphatic rings. The summed E-state index contributed by atoms with van der Waals surface area (Å²) in [7, 11) is 0. The fourth-order valence-corrected chi connectivity index (χ4v) is 4.99. The Morgan fingerprint density at radius 2 is 1.48 bits per heavy atom. The molecule has 3 heteroatoms. The SMILES string of the molecule is NCC(C1CCCCCC1)N1CCC(N2CCCCC2)C1. The molecule has 3 rings (SSSR count). The molecular weight excluding hydrogens is 258 g/mol. The zero-order valence-electron chi connectivity index (χ0n) is 13.8. The zero-order chi connectivity index (χ0) is 14.5. The second-order valence-corrected chi connectivity index (χ2v) is 7.59. The van der Waals surface area contributed by atoms with Crippen molar-refractivity contribution in [2.75, 3.05) is 32.7 Å². The summed E-state index contributed by atoms with van der Waals surface area (Å²) < 4.78 is 0. The van der Waals surface area contributed by atoms with Crippen molar-refractivity contribution in [2.45, 2.75) is 76.3 Å². The second kappa shape index (κ2) is 7.94. The molecule has 0 amide bonds. The summed E-state index contributed by atoms with van der Waals surface area (Å²) in [5, 5.41) is 0. The van der Waals surface area contributed by atoms with Crippen LogP contribution in [0.1, 0.15) is 64.2 Å². The van der Waals surface area contributed by atoms with E-state index in [0.717, 1.165) is 18.5 Å². The Balaban J connectivity index is 1.54. The van der Waals surface area contributed by atoms with Gasteiger partial charge in [-0.15, -0.1) is 0 Å². The Morgan fingerprint density at radius 1 is 0.810 bits per heavy atom. The number of rotatable bonds is 4. The van der Waals surface area contributed by atoms with Gasteiger partial charge >= 0.3 is 0 Å². The van der Waals surface area contributed by atoms with E-state index >= 15 is 0 Å². The lowest BCUT2D eigenvalue weighted by Gasteiger charge is -2.36. The van der Waals surface area contributed by atoms with Crippen molar-refractivity contribution in [3.05, 3.63) is 0 Å². The maximum Gasteiger partial charge on any atom is 0.0247 e. The van der Waals surface area contributed by atoms with Gasteiger partial charge in [0.1, 0.15) is 0 Å². The van der Waals surface area contributed by atoms with Crippen LogP contribution in [0.2, 0.25) is 0 Å². The van der Waals surface area contributed by atoms with Crippen LogP contribution in [-0.2, 0) is 0 Å². The minimum Gasteiger partial charge on any atom is -0.329 e. The fraction of sp³-hybridized carbons (Fsp3) is 1.00. The van der Waals surface area contributed by atoms with Gasteiger partial charge in [0, 0.05) is 31.7 Å². The van der Waals surface area contributed by atoms with Crippen LogP contribution in [0.15, 0.2) is 0 Å². The van der Waals surface area contributed by atoms with E-state index in [1.54, 1.807) is 0 Å². The third-order valence-electron chi connectivity index (χ3n) is 6.26. The van der Waals surface area contributed by atoms with Crippen LogP contribution in [-0.4, -0.2) is 54.6 Å². The van der Waals surface area contributed by atoms with Crippen molar-refractivity contribution in [1.29, 1.82) is 0 Å². The average molecular weight is 293 g/mol. The van der Waals surface area contributed by atoms with Crippen LogP contribution >= 0.6 is 0 Å². The first-order chi connectivity index (χ1) is 10.4. The van der Waals surface area contributed by atoms with Gasteiger partial charge in [-0.05, 0) is 51.1 Å². The van der Waals surface area contributed by atoms with E-state index in [9.17, 15) is 0 Å². The lowest BCUT2D eigenvalue weighted by atomic mass is 9.91. The molecule has 2 atom stereocenters. The fourth-order valence-electron chi connectivity index (χ4n) is 4.99. The number of piperidine rings is 1. The molecule has 2 saturated heterocycles. The minimum atomic E-state index is 0.665. The highest BCUT2D eigenvalue weighted by Gasteiger charge is 2.34. The van der Waals surface area contributed by atoms with Crippen LogP contribution in [0, 0.1) is 5.92 Å². The molecule has 3 fully saturated rings. The number of nitrogens with two attached hydrogens (primary N) is 1. The average Bonchev–Trinajstić information content (AvgIpc) is 2.86. The smallest absolute Gasteiger partial charge is 0.0247 e. The van der Waals surface area contributed by atoms with Gasteiger partial charge in [-0.1, -0.05) is 32.1 Å². The summed E-state index contributed by atoms with van der Waals surface area (Å²) in [5.41, 5.74) is 6.20. The quantitative estimate of drug-likeness (QED) is 0.809. The molecule has 0 aromatic carbocycles. The Bertz CT molecular complexity index is 293. The predicted octanol–water partition coefficient (Wildman–Crippen LogP) is 2.84. The number of nitrogens with zero attached hydrogens (tertiary/aromatic N) is 2. The molecule has 2 unspecified atom stereocenters. The highest BCUT2D eigenvalue weighted by molar-refractivity contribution is 4.91. The minimum absolute atomic E-state index is 0.665. The zero-order valence-corrected chi connectivity index (χ0v) is 13.8. The standard InChI is InChI=1S/C18H35N3/c19-14-18(16-8-4-1-2-5-9-16)21-13-10-17(15-21)20-11-6-3-7-12-20/h16-18H,1-15,19H2. The molecule has 0 bridgehead atoms. The normalized spacial score (nSPS) is 32.1. The summed E-state index contributed by atoms with van der Waals surface area (Å²) >= 11 is 0. The molecule has 1 saturated carbocycles. The van der Waals surface area contributed by atoms with Gasteiger partial charge in [-0.25, -0.2) is 0 Å². The lowest BCUT2D eigenvalue weighted by molar-refractivity contribution is 0.130. The van der Waals surface area contributed by atoms with Gasteiger partial charge in [0.2, 0.25) is 0 Å². The van der Waals surface area contributed by atoms with E-state index in [1.807, 2.05) is 0 Å². The topological polar surface area (TPSA) is 32.5 Å². The van der Waals surface area contributed by atoms with Crippen LogP contribution < -0.4 is 5.73 Å². The molecule has 2 N–H and O–H groups in total. The Labute approximate surface area is 131 Å². The van der Waals surface area contributed by atoms with Gasteiger partial charge in [0.05, 0.1) is 0 Å². The monoisotopic (exact) mass is 293 g/mol. The maximum absolute atomic E-state index is 6.20. The molecule has 0 aromatic heterocycles. The van der Waals surface area contributed by atoms with Crippen molar-refractivity contribution < 1.29 is 0 Å². The molecular formula is C18H35N3. The van der Waals surface area contributed by atoms with E-state index in [-0.39, 0.29) is 0 Å². The summed E-state index contributed by atoms with van der Waals surface area (Å²) in [5.74, 6) is 0.873. The van der Waals surface area contributed by atoms with Crippen molar-refractivity contribution >= 4 is 0 Å². The predicted molar refractivity (Wildman–Crippen MR) is 89.4 cm³/mol. The molecule has 21 heavy (non-hydrogen) atoms. The van der Waals surface area contributed by atoms with Crippen LogP contribution in [0.5, 0.6) is 0 Å². The number of likely N-dealkylation sites (tertiary alicyclic amines) is 2. The highest BCUT2D eigenvalue weighted by atomic mass is 15.3. The van der Waals surface area contributed by atoms with Gasteiger partial charge in [0.25, 0.3) is 0 Å². The molecule has 2 aliphatic heterocycles. The third-order valence-corrected chi connectivity index (χ3v) is 6.26. The first-order valence-corrected chi connectivity index (χ1v) is 9.56. The summed E-state index contributed by atoms with van der Waals surface area (Å²) in [6.45, 7) is 6.14. The molecule has 0 spiro atoms. The first-order valence-electron chi connectivity index (χ1n) is 9.56. The lowest BCUT2D eigenvalue weighted by Crippen LogP contribution is -2.47. The van der Waals surface area contributed by atoms with E-state index in [2.05, 4.69) is 9.80 Å². The maximum atomic E-state index is 6.20. The van der Waals surface area contributed by atoms with Crippen LogP contribution in [0.4, 0.5) is 0 Å². The van der Waals surface area contributed by atoms with Crippen molar-refractivity contribution in [3.8, 4) is 0 Å². The largest absolute Gasteiger partial charge is 0.329 e. The molecule has 2 heterocycles. The van der Waals surface area contributed by atoms with Gasteiger partial charge in [-0.3, -0.25) is 9.80 Å². The first kappa shape index (κ1) is 15.8. The molecule has 122 valence electrons. The summed E-state index contributed by atoms with van der Waals surface area (Å²) in [6, 6.07) is 1.49. The Morgan fingerprint density at radius 3 is 2.14 bits per heavy atom. The van der Waals surface area contributed by atoms with E-state index < -0.39 is 0 Å². The van der Waals surface area contributed by atoms with E-state index in [4.69, 9.17) is 5.73 Å². The van der Waals surface area contributed by atoms with Gasteiger partial charge < -0.3 is 5.73 Å². The van der Waals surface area contributed by atoms with Gasteiger partial charge in [-0.2, -0.15) is 0 Å². The van der Waals surface area contributed by atoms with Crippen molar-refractivity contribution in [1.82, 2.24) is 9.80 Å². The molecule has 0 radical (unpaired) electrons. The summed E-state index contributed by atoms with van der Waals surface area (Å²) in [6.07, 6.45) is 14.3. The molecule has 1 aliphatic carbocycles. The molecule has 3 nitrogen and oxygen atoms in total.